The third-order valence-electron chi connectivity index (χ3n) is 1.99. The average molecular weight is 170 g/mol. The summed E-state index contributed by atoms with van der Waals surface area (Å²) in [7, 11) is 1.53. The van der Waals surface area contributed by atoms with E-state index in [1.807, 2.05) is 0 Å². The smallest absolute Gasteiger partial charge is 0.146 e. The van der Waals surface area contributed by atoms with E-state index in [4.69, 9.17) is 0 Å². The Kier molecular flexibility index (Phi) is 3.22. The monoisotopic (exact) mass is 170 g/mol. The number of Topliss-reactive ketones (excluding diaryl/α,β-unsaturated/α-hetero) is 1. The number of nitrogens with zero attached hydrogens (tertiary/aromatic N) is 1. The minimum atomic E-state index is 0.0146. The highest BCUT2D eigenvalue weighted by atomic mass is 16.6. The van der Waals surface area contributed by atoms with Gasteiger partial charge in [0.05, 0.1) is 11.8 Å². The lowest BCUT2D eigenvalue weighted by molar-refractivity contribution is -0.119. The number of rotatable bonds is 2. The summed E-state index contributed by atoms with van der Waals surface area (Å²) in [5.74, 6) is 0.200. The van der Waals surface area contributed by atoms with Crippen LogP contribution in [-0.4, -0.2) is 31.2 Å². The van der Waals surface area contributed by atoms with Crippen LogP contribution in [0.3, 0.4) is 0 Å². The fourth-order valence-electron chi connectivity index (χ4n) is 1.30. The van der Waals surface area contributed by atoms with E-state index in [9.17, 15) is 4.79 Å². The Labute approximate surface area is 72.0 Å². The van der Waals surface area contributed by atoms with Crippen molar-refractivity contribution >= 4 is 11.5 Å². The van der Waals surface area contributed by atoms with Gasteiger partial charge < -0.3 is 10.2 Å². The SMILES string of the molecule is CON=C1CC[C@@H](C(C)=O)NC1. The summed E-state index contributed by atoms with van der Waals surface area (Å²) in [5, 5.41) is 6.91. The highest BCUT2D eigenvalue weighted by molar-refractivity contribution is 5.90. The van der Waals surface area contributed by atoms with E-state index < -0.39 is 0 Å². The number of hydrogen-bond donors (Lipinski definition) is 1. The Morgan fingerprint density at radius 2 is 2.50 bits per heavy atom. The highest BCUT2D eigenvalue weighted by Gasteiger charge is 2.20. The molecule has 1 fully saturated rings. The fraction of sp³-hybridized carbons (Fsp3) is 0.750. The summed E-state index contributed by atoms with van der Waals surface area (Å²) in [6.07, 6.45) is 1.68. The van der Waals surface area contributed by atoms with Gasteiger partial charge in [-0.3, -0.25) is 4.79 Å². The van der Waals surface area contributed by atoms with Crippen LogP contribution in [0.1, 0.15) is 19.8 Å². The molecule has 12 heavy (non-hydrogen) atoms. The summed E-state index contributed by atoms with van der Waals surface area (Å²) in [4.78, 5) is 15.6. The van der Waals surface area contributed by atoms with Gasteiger partial charge in [-0.25, -0.2) is 0 Å². The van der Waals surface area contributed by atoms with Gasteiger partial charge in [-0.1, -0.05) is 5.16 Å². The van der Waals surface area contributed by atoms with Crippen LogP contribution in [0.2, 0.25) is 0 Å². The van der Waals surface area contributed by atoms with Crippen LogP contribution in [0.5, 0.6) is 0 Å². The van der Waals surface area contributed by atoms with E-state index in [-0.39, 0.29) is 11.8 Å². The summed E-state index contributed by atoms with van der Waals surface area (Å²) in [6, 6.07) is 0.0146. The van der Waals surface area contributed by atoms with E-state index in [0.717, 1.165) is 18.6 Å². The molecule has 1 saturated heterocycles. The van der Waals surface area contributed by atoms with Crippen molar-refractivity contribution in [2.75, 3.05) is 13.7 Å². The molecule has 1 rings (SSSR count). The standard InChI is InChI=1S/C8H14N2O2/c1-6(11)8-4-3-7(5-9-8)10-12-2/h8-9H,3-5H2,1-2H3/t8-/m0/s1. The Hall–Kier alpha value is -0.900. The first-order valence-electron chi connectivity index (χ1n) is 4.06. The van der Waals surface area contributed by atoms with Crippen LogP contribution in [-0.2, 0) is 9.63 Å². The molecule has 0 amide bonds. The lowest BCUT2D eigenvalue weighted by Crippen LogP contribution is -2.43. The maximum atomic E-state index is 10.9. The van der Waals surface area contributed by atoms with Crippen LogP contribution in [0.25, 0.3) is 0 Å². The second kappa shape index (κ2) is 4.21. The first kappa shape index (κ1) is 9.19. The van der Waals surface area contributed by atoms with Gasteiger partial charge in [0.2, 0.25) is 0 Å². The third kappa shape index (κ3) is 2.30. The highest BCUT2D eigenvalue weighted by Crippen LogP contribution is 2.06. The molecule has 0 aromatic heterocycles. The Morgan fingerprint density at radius 3 is 2.92 bits per heavy atom. The summed E-state index contributed by atoms with van der Waals surface area (Å²) >= 11 is 0. The van der Waals surface area contributed by atoms with Crippen LogP contribution in [0.4, 0.5) is 0 Å². The largest absolute Gasteiger partial charge is 0.399 e. The molecule has 1 heterocycles. The lowest BCUT2D eigenvalue weighted by atomic mass is 10.0. The second-order valence-corrected chi connectivity index (χ2v) is 2.92. The van der Waals surface area contributed by atoms with Gasteiger partial charge in [0.1, 0.15) is 12.9 Å². The number of ketones is 1. The third-order valence-corrected chi connectivity index (χ3v) is 1.99. The zero-order valence-electron chi connectivity index (χ0n) is 7.46. The van der Waals surface area contributed by atoms with E-state index in [0.29, 0.717) is 6.54 Å². The first-order valence-corrected chi connectivity index (χ1v) is 4.06. The lowest BCUT2D eigenvalue weighted by Gasteiger charge is -2.21. The van der Waals surface area contributed by atoms with Crippen molar-refractivity contribution in [2.24, 2.45) is 5.16 Å². The molecule has 1 atom stereocenters. The van der Waals surface area contributed by atoms with Gasteiger partial charge in [0, 0.05) is 6.54 Å². The van der Waals surface area contributed by atoms with Crippen molar-refractivity contribution in [3.63, 3.8) is 0 Å². The molecule has 4 nitrogen and oxygen atoms in total. The van der Waals surface area contributed by atoms with Crippen molar-refractivity contribution in [3.8, 4) is 0 Å². The van der Waals surface area contributed by atoms with E-state index in [2.05, 4.69) is 15.3 Å². The van der Waals surface area contributed by atoms with Crippen molar-refractivity contribution < 1.29 is 9.63 Å². The first-order chi connectivity index (χ1) is 5.74. The maximum Gasteiger partial charge on any atom is 0.146 e. The molecule has 4 heteroatoms. The molecule has 1 aliphatic heterocycles. The number of oxime groups is 1. The zero-order chi connectivity index (χ0) is 8.97. The molecule has 68 valence electrons. The Balaban J connectivity index is 2.39. The van der Waals surface area contributed by atoms with Crippen molar-refractivity contribution in [1.82, 2.24) is 5.32 Å². The van der Waals surface area contributed by atoms with Crippen LogP contribution >= 0.6 is 0 Å². The van der Waals surface area contributed by atoms with Gasteiger partial charge in [0.25, 0.3) is 0 Å². The topological polar surface area (TPSA) is 50.7 Å². The molecule has 0 bridgehead atoms. The molecular formula is C8H14N2O2. The number of hydrogen-bond acceptors (Lipinski definition) is 4. The van der Waals surface area contributed by atoms with Gasteiger partial charge in [0.15, 0.2) is 0 Å². The predicted molar refractivity (Wildman–Crippen MR) is 46.1 cm³/mol. The molecule has 0 saturated carbocycles. The van der Waals surface area contributed by atoms with E-state index in [1.54, 1.807) is 6.92 Å². The second-order valence-electron chi connectivity index (χ2n) is 2.92. The predicted octanol–water partition coefficient (Wildman–Crippen LogP) is 0.330. The molecule has 0 aliphatic carbocycles. The number of piperidine rings is 1. The quantitative estimate of drug-likeness (QED) is 0.607. The van der Waals surface area contributed by atoms with Gasteiger partial charge in [-0.15, -0.1) is 0 Å². The van der Waals surface area contributed by atoms with Crippen LogP contribution in [0, 0.1) is 0 Å². The molecule has 1 N–H and O–H groups in total. The number of nitrogens with one attached hydrogen (secondary N) is 1. The Bertz CT molecular complexity index is 191. The normalized spacial score (nSPS) is 27.2. The van der Waals surface area contributed by atoms with E-state index >= 15 is 0 Å². The van der Waals surface area contributed by atoms with Gasteiger partial charge in [-0.05, 0) is 19.8 Å². The minimum Gasteiger partial charge on any atom is -0.399 e. The number of carbonyl (C=O) groups is 1. The van der Waals surface area contributed by atoms with Crippen LogP contribution in [0.15, 0.2) is 5.16 Å². The average Bonchev–Trinajstić information content (AvgIpc) is 2.06. The van der Waals surface area contributed by atoms with Gasteiger partial charge in [-0.2, -0.15) is 0 Å². The van der Waals surface area contributed by atoms with Crippen molar-refractivity contribution in [2.45, 2.75) is 25.8 Å². The molecule has 0 aromatic carbocycles. The molecule has 1 aliphatic rings. The Morgan fingerprint density at radius 1 is 1.75 bits per heavy atom. The molecule has 0 radical (unpaired) electrons. The fourth-order valence-corrected chi connectivity index (χ4v) is 1.30. The number of carbonyl (C=O) groups excluding carboxylic acids is 1. The van der Waals surface area contributed by atoms with Crippen molar-refractivity contribution in [1.29, 1.82) is 0 Å². The van der Waals surface area contributed by atoms with Gasteiger partial charge >= 0.3 is 0 Å². The summed E-state index contributed by atoms with van der Waals surface area (Å²) in [6.45, 7) is 2.27. The van der Waals surface area contributed by atoms with E-state index in [1.165, 1.54) is 7.11 Å². The zero-order valence-corrected chi connectivity index (χ0v) is 7.46. The summed E-state index contributed by atoms with van der Waals surface area (Å²) in [5.41, 5.74) is 0.981. The maximum absolute atomic E-state index is 10.9. The summed E-state index contributed by atoms with van der Waals surface area (Å²) < 4.78 is 0. The van der Waals surface area contributed by atoms with Crippen LogP contribution < -0.4 is 5.32 Å². The van der Waals surface area contributed by atoms with Crippen molar-refractivity contribution in [3.05, 3.63) is 0 Å². The molecule has 0 spiro atoms. The molecule has 0 unspecified atom stereocenters. The molecule has 0 aromatic rings. The minimum absolute atomic E-state index is 0.0146. The molecular weight excluding hydrogens is 156 g/mol.